The number of hydrogen-bond acceptors (Lipinski definition) is 30. The molecule has 6 N–H and O–H groups in total. The Labute approximate surface area is 615 Å². The van der Waals surface area contributed by atoms with Crippen LogP contribution in [-0.2, 0) is 67.4 Å². The van der Waals surface area contributed by atoms with Crippen LogP contribution in [0.15, 0.2) is 0 Å². The number of carboxylic acids is 1. The maximum atomic E-state index is 13.6. The standard InChI is InChI=1S/C24H37N5O7S.C19H29N5O5S.C15H21N3O6S.C5H9BN2O.2ClH/c1-14-11-34-12-16-13-35-17-18(24(5,6)37(7,32)33)26-19(27-20(17)29(14)16)21(30)28-9-8-15(10-28)25-22(31)36-23(2,3)4;1-11-8-28-9-13-10-29-14-15(19(2,3)30(4,26)27)21-16(22-17(14)24(11)13)18(25)23-6-5-12(20)7-23;1-8-5-23-6-9-7-24-10-11(15(2,3)25(4,21)22)16-12(14(19)20)17-13(10)18(8)9;6-5(7)9-4-1-2-8-3-4;;/h14-16H,8-13H2,1-7H3,(H,25,31);11-13H,5-10,20H2,1-4H3;8-9H,5-7H2,1-4H3,(H,19,20);4,7-8H,1-3H2;2*1H/t14-,15-,16+;11-,12-,13+;8-,9+;4-;;/m1111../s1. The van der Waals surface area contributed by atoms with Crippen molar-refractivity contribution in [3.8, 4) is 17.2 Å². The van der Waals surface area contributed by atoms with E-state index in [-0.39, 0.29) is 138 Å². The fourth-order valence-electron chi connectivity index (χ4n) is 12.7. The lowest BCUT2D eigenvalue weighted by atomic mass is 10.0. The van der Waals surface area contributed by atoms with Crippen LogP contribution in [0.25, 0.3) is 0 Å². The topological polar surface area (TPSA) is 432 Å². The average Bonchev–Trinajstić information content (AvgIpc) is 1.29. The number of anilines is 3. The zero-order chi connectivity index (χ0) is 74.4. The molecule has 2 radical (unpaired) electrons. The van der Waals surface area contributed by atoms with Crippen molar-refractivity contribution in [1.29, 1.82) is 5.41 Å². The maximum absolute atomic E-state index is 13.6. The van der Waals surface area contributed by atoms with Crippen LogP contribution in [0.2, 0.25) is 0 Å². The summed E-state index contributed by atoms with van der Waals surface area (Å²) in [5.41, 5.74) is 5.75. The molecule has 574 valence electrons. The van der Waals surface area contributed by atoms with Crippen molar-refractivity contribution in [2.24, 2.45) is 5.73 Å². The number of rotatable bonds is 11. The average molecular weight is 1550 g/mol. The first-order chi connectivity index (χ1) is 46.9. The Kier molecular flexibility index (Phi) is 26.3. The molecule has 9 aliphatic rings. The number of hydrogen-bond donors (Lipinski definition) is 5. The van der Waals surface area contributed by atoms with Crippen molar-refractivity contribution in [3.63, 3.8) is 0 Å². The molecule has 103 heavy (non-hydrogen) atoms. The van der Waals surface area contributed by atoms with Crippen molar-refractivity contribution in [3.05, 3.63) is 34.6 Å². The van der Waals surface area contributed by atoms with Crippen LogP contribution in [0.5, 0.6) is 17.2 Å². The van der Waals surface area contributed by atoms with Crippen LogP contribution in [0.3, 0.4) is 0 Å². The smallest absolute Gasteiger partial charge is 0.407 e. The Balaban J connectivity index is 0.000000204. The number of amides is 3. The number of aromatic nitrogens is 6. The van der Waals surface area contributed by atoms with E-state index in [1.807, 2.05) is 30.6 Å². The third-order valence-electron chi connectivity index (χ3n) is 19.2. The number of nitrogens with zero attached hydrogens (tertiary/aromatic N) is 11. The highest BCUT2D eigenvalue weighted by Crippen LogP contribution is 2.47. The predicted octanol–water partition coefficient (Wildman–Crippen LogP) is 2.15. The minimum absolute atomic E-state index is 0. The summed E-state index contributed by atoms with van der Waals surface area (Å²) in [6, 6.07) is -0.748. The molecule has 6 saturated heterocycles. The van der Waals surface area contributed by atoms with Crippen LogP contribution in [0.1, 0.15) is 151 Å². The SMILES string of the molecule is C[C@@H]1COC[C@H]2COc3c(nc(C(=O)N4CC[C@@H](N)C4)nc3C(C)(C)S(C)(=O)=O)N21.C[C@@H]1COC[C@H]2COc3c(nc(C(=O)N4CC[C@@H](NC(=O)OC(C)(C)C)C4)nc3C(C)(C)S(C)(=O)=O)N21.C[C@@H]1COC[C@H]2COc3c(nc(C(=O)O)nc3C(C)(C)S(C)(=O)=O)N21.Cl.Cl.[B]C(=N)O[C@@H]1CCNC1. The van der Waals surface area contributed by atoms with Gasteiger partial charge in [-0.1, -0.05) is 0 Å². The summed E-state index contributed by atoms with van der Waals surface area (Å²) in [5, 5.41) is 22.1. The molecule has 9 aliphatic heterocycles. The highest BCUT2D eigenvalue weighted by molar-refractivity contribution is 7.92. The van der Waals surface area contributed by atoms with Crippen LogP contribution in [-0.4, -0.2) is 285 Å². The van der Waals surface area contributed by atoms with Crippen molar-refractivity contribution in [2.45, 2.75) is 177 Å². The molecule has 3 aromatic heterocycles. The van der Waals surface area contributed by atoms with Gasteiger partial charge in [-0.25, -0.2) is 64.7 Å². The Hall–Kier alpha value is -6.52. The number of alkyl carbamates (subject to hydrolysis) is 1. The lowest BCUT2D eigenvalue weighted by Gasteiger charge is -2.45. The quantitative estimate of drug-likeness (QED) is 0.104. The van der Waals surface area contributed by atoms with Gasteiger partial charge in [0.25, 0.3) is 11.8 Å². The molecular weight excluding hydrogens is 1450 g/mol. The van der Waals surface area contributed by atoms with E-state index >= 15 is 0 Å². The number of morpholine rings is 3. The second-order valence-corrected chi connectivity index (χ2v) is 37.0. The van der Waals surface area contributed by atoms with Crippen molar-refractivity contribution in [1.82, 2.24) is 50.3 Å². The summed E-state index contributed by atoms with van der Waals surface area (Å²) in [4.78, 5) is 86.0. The van der Waals surface area contributed by atoms with Gasteiger partial charge >= 0.3 is 12.1 Å². The molecule has 12 heterocycles. The minimum Gasteiger partial charge on any atom is -0.487 e. The molecule has 34 nitrogen and oxygen atoms in total. The van der Waals surface area contributed by atoms with Gasteiger partial charge in [0.2, 0.25) is 17.5 Å². The normalized spacial score (nSPS) is 24.4. The summed E-state index contributed by atoms with van der Waals surface area (Å²) >= 11 is 0. The number of ether oxygens (including phenoxy) is 8. The number of nitrogens with two attached hydrogens (primary N) is 1. The molecule has 0 saturated carbocycles. The molecule has 9 atom stereocenters. The number of nitrogens with one attached hydrogen (secondary N) is 3. The summed E-state index contributed by atoms with van der Waals surface area (Å²) in [6.07, 6.45) is 5.18. The Morgan fingerprint density at radius 3 is 1.27 bits per heavy atom. The van der Waals surface area contributed by atoms with E-state index in [0.29, 0.717) is 115 Å². The van der Waals surface area contributed by atoms with E-state index in [4.69, 9.17) is 56.9 Å². The van der Waals surface area contributed by atoms with Gasteiger partial charge in [-0.05, 0) is 109 Å². The van der Waals surface area contributed by atoms with Gasteiger partial charge < -0.3 is 83.9 Å². The van der Waals surface area contributed by atoms with Crippen LogP contribution in [0.4, 0.5) is 22.2 Å². The zero-order valence-electron chi connectivity index (χ0n) is 60.8. The van der Waals surface area contributed by atoms with Gasteiger partial charge in [0, 0.05) is 57.5 Å². The molecule has 40 heteroatoms. The molecule has 0 spiro atoms. The molecule has 0 aliphatic carbocycles. The number of fused-ring (bicyclic) bond motifs is 9. The van der Waals surface area contributed by atoms with E-state index in [2.05, 4.69) is 45.4 Å². The number of sulfone groups is 3. The minimum atomic E-state index is -3.63. The van der Waals surface area contributed by atoms with E-state index in [1.165, 1.54) is 13.8 Å². The van der Waals surface area contributed by atoms with Gasteiger partial charge in [-0.15, -0.1) is 24.8 Å². The second-order valence-electron chi connectivity index (χ2n) is 29.4. The van der Waals surface area contributed by atoms with Gasteiger partial charge in [-0.3, -0.25) is 15.0 Å². The molecular formula is C63H98BCl2N15O19S3. The lowest BCUT2D eigenvalue weighted by molar-refractivity contribution is 0.0479. The molecule has 0 bridgehead atoms. The number of carboxylic acid groups (broad SMARTS) is 1. The monoisotopic (exact) mass is 1550 g/mol. The maximum Gasteiger partial charge on any atom is 0.407 e. The third kappa shape index (κ3) is 18.3. The summed E-state index contributed by atoms with van der Waals surface area (Å²) in [5.74, 6) is -0.874. The number of halogens is 2. The van der Waals surface area contributed by atoms with Gasteiger partial charge in [0.1, 0.15) is 68.6 Å². The fraction of sp³-hybridized carbons (Fsp3) is 0.730. The highest BCUT2D eigenvalue weighted by Gasteiger charge is 2.49. The fourth-order valence-corrected chi connectivity index (χ4v) is 14.2. The van der Waals surface area contributed by atoms with Crippen LogP contribution in [0, 0.1) is 5.41 Å². The Bertz CT molecular complexity index is 4010. The first-order valence-corrected chi connectivity index (χ1v) is 39.2. The summed E-state index contributed by atoms with van der Waals surface area (Å²) < 4.78 is 116. The Morgan fingerprint density at radius 2 is 0.942 bits per heavy atom. The zero-order valence-corrected chi connectivity index (χ0v) is 64.9. The van der Waals surface area contributed by atoms with E-state index in [9.17, 15) is 49.5 Å². The highest BCUT2D eigenvalue weighted by atomic mass is 35.5. The van der Waals surface area contributed by atoms with E-state index in [1.54, 1.807) is 58.3 Å². The van der Waals surface area contributed by atoms with Gasteiger partial charge in [0.15, 0.2) is 72.1 Å². The lowest BCUT2D eigenvalue weighted by Crippen LogP contribution is -2.56. The number of aromatic carboxylic acids is 1. The third-order valence-corrected chi connectivity index (χ3v) is 25.4. The van der Waals surface area contributed by atoms with Crippen LogP contribution < -0.4 is 45.3 Å². The van der Waals surface area contributed by atoms with Crippen molar-refractivity contribution < 1.29 is 87.4 Å². The summed E-state index contributed by atoms with van der Waals surface area (Å²) in [7, 11) is -5.77. The number of carbonyl (C=O) groups is 4. The molecule has 6 fully saturated rings. The summed E-state index contributed by atoms with van der Waals surface area (Å²) in [6.45, 7) is 27.6. The van der Waals surface area contributed by atoms with E-state index < -0.39 is 73.1 Å². The first kappa shape index (κ1) is 83.8. The van der Waals surface area contributed by atoms with Gasteiger partial charge in [0.05, 0.1) is 81.9 Å². The first-order valence-electron chi connectivity index (χ1n) is 33.5. The van der Waals surface area contributed by atoms with Crippen molar-refractivity contribution >= 4 is 109 Å². The molecule has 0 aromatic carbocycles. The largest absolute Gasteiger partial charge is 0.487 e. The van der Waals surface area contributed by atoms with Gasteiger partial charge in [-0.2, -0.15) is 0 Å². The van der Waals surface area contributed by atoms with E-state index in [0.717, 1.165) is 38.3 Å². The van der Waals surface area contributed by atoms with Crippen molar-refractivity contribution in [2.75, 3.05) is 132 Å². The second kappa shape index (κ2) is 32.3. The Morgan fingerprint density at radius 1 is 0.573 bits per heavy atom. The van der Waals surface area contributed by atoms with Crippen LogP contribution >= 0.6 is 24.8 Å². The molecule has 3 amide bonds. The molecule has 12 rings (SSSR count). The number of carbonyl (C=O) groups excluding carboxylic acids is 3. The number of likely N-dealkylation sites (tertiary alicyclic amines) is 2. The molecule has 0 unspecified atom stereocenters. The molecule has 3 aromatic rings. The predicted molar refractivity (Wildman–Crippen MR) is 385 cm³/mol.